The lowest BCUT2D eigenvalue weighted by molar-refractivity contribution is 0.880. The Bertz CT molecular complexity index is 756. The SMILES string of the molecule is Clc1ccc(Cl)c(C(Br)c2cnn(-c3ccccc3)c2)c1. The van der Waals surface area contributed by atoms with E-state index in [2.05, 4.69) is 21.0 Å². The molecular weight excluding hydrogens is 371 g/mol. The monoisotopic (exact) mass is 380 g/mol. The Morgan fingerprint density at radius 1 is 1.05 bits per heavy atom. The van der Waals surface area contributed by atoms with Gasteiger partial charge < -0.3 is 0 Å². The fraction of sp³-hybridized carbons (Fsp3) is 0.0625. The third-order valence-corrected chi connectivity index (χ3v) is 4.75. The average Bonchev–Trinajstić information content (AvgIpc) is 3.00. The molecular formula is C16H11BrCl2N2. The molecule has 0 spiro atoms. The highest BCUT2D eigenvalue weighted by atomic mass is 79.9. The topological polar surface area (TPSA) is 17.8 Å². The van der Waals surface area contributed by atoms with E-state index in [4.69, 9.17) is 23.2 Å². The van der Waals surface area contributed by atoms with Gasteiger partial charge in [-0.1, -0.05) is 57.3 Å². The standard InChI is InChI=1S/C16H11BrCl2N2/c17-16(14-8-12(18)6-7-15(14)19)11-9-20-21(10-11)13-4-2-1-3-5-13/h1-10,16H. The van der Waals surface area contributed by atoms with Crippen molar-refractivity contribution in [1.29, 1.82) is 0 Å². The summed E-state index contributed by atoms with van der Waals surface area (Å²) in [6.07, 6.45) is 3.80. The molecule has 0 aliphatic rings. The normalized spacial score (nSPS) is 12.3. The Hall–Kier alpha value is -1.29. The summed E-state index contributed by atoms with van der Waals surface area (Å²) in [4.78, 5) is -0.0545. The van der Waals surface area contributed by atoms with Crippen LogP contribution in [0, 0.1) is 0 Å². The molecule has 3 rings (SSSR count). The van der Waals surface area contributed by atoms with Gasteiger partial charge in [0, 0.05) is 21.8 Å². The first-order chi connectivity index (χ1) is 10.1. The zero-order valence-electron chi connectivity index (χ0n) is 10.9. The molecule has 0 amide bonds. The maximum atomic E-state index is 6.25. The third-order valence-electron chi connectivity index (χ3n) is 3.15. The Kier molecular flexibility index (Phi) is 4.34. The Labute approximate surface area is 141 Å². The molecule has 0 fully saturated rings. The molecule has 21 heavy (non-hydrogen) atoms. The molecule has 1 unspecified atom stereocenters. The van der Waals surface area contributed by atoms with Crippen LogP contribution in [-0.4, -0.2) is 9.78 Å². The van der Waals surface area contributed by atoms with Crippen molar-refractivity contribution in [2.45, 2.75) is 4.83 Å². The summed E-state index contributed by atoms with van der Waals surface area (Å²) in [5.41, 5.74) is 2.96. The highest BCUT2D eigenvalue weighted by molar-refractivity contribution is 9.09. The van der Waals surface area contributed by atoms with Crippen LogP contribution in [0.2, 0.25) is 10.0 Å². The number of aromatic nitrogens is 2. The minimum absolute atomic E-state index is 0.0545. The lowest BCUT2D eigenvalue weighted by Crippen LogP contribution is -1.94. The van der Waals surface area contributed by atoms with Crippen molar-refractivity contribution in [3.8, 4) is 5.69 Å². The fourth-order valence-electron chi connectivity index (χ4n) is 2.08. The van der Waals surface area contributed by atoms with E-state index < -0.39 is 0 Å². The fourth-order valence-corrected chi connectivity index (χ4v) is 3.23. The first-order valence-corrected chi connectivity index (χ1v) is 8.01. The Morgan fingerprint density at radius 3 is 2.57 bits per heavy atom. The van der Waals surface area contributed by atoms with Crippen LogP contribution >= 0.6 is 39.1 Å². The van der Waals surface area contributed by atoms with Gasteiger partial charge >= 0.3 is 0 Å². The quantitative estimate of drug-likeness (QED) is 0.535. The Morgan fingerprint density at radius 2 is 1.81 bits per heavy atom. The minimum atomic E-state index is -0.0545. The lowest BCUT2D eigenvalue weighted by Gasteiger charge is -2.10. The van der Waals surface area contributed by atoms with Gasteiger partial charge in [0.25, 0.3) is 0 Å². The largest absolute Gasteiger partial charge is 0.241 e. The van der Waals surface area contributed by atoms with Gasteiger partial charge in [-0.2, -0.15) is 5.10 Å². The maximum Gasteiger partial charge on any atom is 0.0690 e. The van der Waals surface area contributed by atoms with E-state index in [9.17, 15) is 0 Å². The van der Waals surface area contributed by atoms with E-state index >= 15 is 0 Å². The van der Waals surface area contributed by atoms with E-state index in [1.54, 1.807) is 12.1 Å². The average molecular weight is 382 g/mol. The second-order valence-corrected chi connectivity index (χ2v) is 6.34. The number of halogens is 3. The highest BCUT2D eigenvalue weighted by Gasteiger charge is 2.16. The molecule has 0 N–H and O–H groups in total. The van der Waals surface area contributed by atoms with Gasteiger partial charge in [0.2, 0.25) is 0 Å². The van der Waals surface area contributed by atoms with Crippen molar-refractivity contribution in [3.63, 3.8) is 0 Å². The van der Waals surface area contributed by atoms with Crippen LogP contribution in [0.4, 0.5) is 0 Å². The van der Waals surface area contributed by atoms with Crippen LogP contribution in [0.25, 0.3) is 5.69 Å². The van der Waals surface area contributed by atoms with E-state index in [0.29, 0.717) is 10.0 Å². The van der Waals surface area contributed by atoms with Gasteiger partial charge in [0.1, 0.15) is 0 Å². The van der Waals surface area contributed by atoms with E-state index in [1.807, 2.05) is 53.5 Å². The van der Waals surface area contributed by atoms with E-state index in [-0.39, 0.29) is 4.83 Å². The smallest absolute Gasteiger partial charge is 0.0690 e. The summed E-state index contributed by atoms with van der Waals surface area (Å²) in [6.45, 7) is 0. The van der Waals surface area contributed by atoms with Gasteiger partial charge in [-0.25, -0.2) is 4.68 Å². The van der Waals surface area contributed by atoms with Crippen molar-refractivity contribution in [2.75, 3.05) is 0 Å². The summed E-state index contributed by atoms with van der Waals surface area (Å²) in [7, 11) is 0. The molecule has 0 saturated carbocycles. The lowest BCUT2D eigenvalue weighted by atomic mass is 10.1. The van der Waals surface area contributed by atoms with Gasteiger partial charge in [-0.3, -0.25) is 0 Å². The molecule has 2 aromatic carbocycles. The van der Waals surface area contributed by atoms with Gasteiger partial charge in [0.05, 0.1) is 16.7 Å². The number of alkyl halides is 1. The van der Waals surface area contributed by atoms with Crippen LogP contribution in [0.15, 0.2) is 60.9 Å². The summed E-state index contributed by atoms with van der Waals surface area (Å²) in [5, 5.41) is 5.73. The minimum Gasteiger partial charge on any atom is -0.241 e. The van der Waals surface area contributed by atoms with Crippen molar-refractivity contribution >= 4 is 39.1 Å². The van der Waals surface area contributed by atoms with Crippen molar-refractivity contribution < 1.29 is 0 Å². The summed E-state index contributed by atoms with van der Waals surface area (Å²) >= 11 is 16.0. The molecule has 1 aromatic heterocycles. The summed E-state index contributed by atoms with van der Waals surface area (Å²) < 4.78 is 1.84. The highest BCUT2D eigenvalue weighted by Crippen LogP contribution is 2.36. The molecule has 0 saturated heterocycles. The van der Waals surface area contributed by atoms with Crippen LogP contribution < -0.4 is 0 Å². The van der Waals surface area contributed by atoms with Crippen LogP contribution in [0.3, 0.4) is 0 Å². The number of hydrogen-bond donors (Lipinski definition) is 0. The zero-order chi connectivity index (χ0) is 14.8. The summed E-state index contributed by atoms with van der Waals surface area (Å²) in [6, 6.07) is 15.4. The number of nitrogens with zero attached hydrogens (tertiary/aromatic N) is 2. The van der Waals surface area contributed by atoms with Gasteiger partial charge in [-0.05, 0) is 35.9 Å². The maximum absolute atomic E-state index is 6.25. The molecule has 106 valence electrons. The Balaban J connectivity index is 1.94. The van der Waals surface area contributed by atoms with Crippen LogP contribution in [0.1, 0.15) is 16.0 Å². The number of para-hydroxylation sites is 1. The molecule has 5 heteroatoms. The van der Waals surface area contributed by atoms with Crippen LogP contribution in [0.5, 0.6) is 0 Å². The molecule has 0 radical (unpaired) electrons. The number of benzene rings is 2. The predicted octanol–water partition coefficient (Wildman–Crippen LogP) is 5.66. The molecule has 0 aliphatic carbocycles. The molecule has 0 aliphatic heterocycles. The first kappa shape index (κ1) is 14.6. The zero-order valence-corrected chi connectivity index (χ0v) is 14.0. The summed E-state index contributed by atoms with van der Waals surface area (Å²) in [5.74, 6) is 0. The van der Waals surface area contributed by atoms with E-state index in [0.717, 1.165) is 16.8 Å². The second kappa shape index (κ2) is 6.22. The third kappa shape index (κ3) is 3.15. The van der Waals surface area contributed by atoms with Crippen LogP contribution in [-0.2, 0) is 0 Å². The molecule has 3 aromatic rings. The van der Waals surface area contributed by atoms with Gasteiger partial charge in [0.15, 0.2) is 0 Å². The molecule has 1 heterocycles. The number of rotatable bonds is 3. The van der Waals surface area contributed by atoms with Crippen molar-refractivity contribution in [1.82, 2.24) is 9.78 Å². The molecule has 2 nitrogen and oxygen atoms in total. The second-order valence-electron chi connectivity index (χ2n) is 4.58. The molecule has 0 bridgehead atoms. The first-order valence-electron chi connectivity index (χ1n) is 6.34. The van der Waals surface area contributed by atoms with Crippen molar-refractivity contribution in [2.24, 2.45) is 0 Å². The predicted molar refractivity (Wildman–Crippen MR) is 90.8 cm³/mol. The van der Waals surface area contributed by atoms with E-state index in [1.165, 1.54) is 0 Å². The number of hydrogen-bond acceptors (Lipinski definition) is 1. The van der Waals surface area contributed by atoms with Crippen molar-refractivity contribution in [3.05, 3.63) is 82.1 Å². The van der Waals surface area contributed by atoms with Gasteiger partial charge in [-0.15, -0.1) is 0 Å². The molecule has 1 atom stereocenters.